The highest BCUT2D eigenvalue weighted by Gasteiger charge is 2.32. The highest BCUT2D eigenvalue weighted by atomic mass is 19.4. The van der Waals surface area contributed by atoms with Crippen molar-refractivity contribution >= 4 is 5.82 Å². The number of nitrogens with two attached hydrogens (primary N) is 1. The fourth-order valence-electron chi connectivity index (χ4n) is 1.35. The summed E-state index contributed by atoms with van der Waals surface area (Å²) in [5.74, 6) is 0.195. The van der Waals surface area contributed by atoms with E-state index in [1.165, 1.54) is 12.4 Å². The SMILES string of the molecule is CC(C)N(CC(F)(F)F)c1cncc(CN)n1. The Kier molecular flexibility index (Phi) is 4.28. The van der Waals surface area contributed by atoms with Gasteiger partial charge in [0.25, 0.3) is 0 Å². The van der Waals surface area contributed by atoms with Crippen LogP contribution in [0.15, 0.2) is 12.4 Å². The quantitative estimate of drug-likeness (QED) is 0.881. The zero-order chi connectivity index (χ0) is 13.1. The number of nitrogens with zero attached hydrogens (tertiary/aromatic N) is 3. The molecule has 0 aromatic carbocycles. The van der Waals surface area contributed by atoms with Crippen LogP contribution in [0, 0.1) is 0 Å². The second kappa shape index (κ2) is 5.31. The number of hydrogen-bond acceptors (Lipinski definition) is 4. The summed E-state index contributed by atoms with van der Waals surface area (Å²) in [7, 11) is 0. The standard InChI is InChI=1S/C10H15F3N4/c1-7(2)17(6-10(11,12)13)9-5-15-4-8(3-14)16-9/h4-5,7H,3,6,14H2,1-2H3. The molecule has 0 atom stereocenters. The fraction of sp³-hybridized carbons (Fsp3) is 0.600. The molecule has 1 aromatic heterocycles. The molecule has 7 heteroatoms. The van der Waals surface area contributed by atoms with Crippen molar-refractivity contribution in [3.63, 3.8) is 0 Å². The van der Waals surface area contributed by atoms with Gasteiger partial charge in [-0.15, -0.1) is 0 Å². The van der Waals surface area contributed by atoms with Crippen molar-refractivity contribution in [1.82, 2.24) is 9.97 Å². The molecule has 96 valence electrons. The van der Waals surface area contributed by atoms with Crippen molar-refractivity contribution in [3.05, 3.63) is 18.1 Å². The number of rotatable bonds is 4. The highest BCUT2D eigenvalue weighted by Crippen LogP contribution is 2.22. The molecule has 0 saturated heterocycles. The second-order valence-electron chi connectivity index (χ2n) is 3.91. The average Bonchev–Trinajstić information content (AvgIpc) is 2.24. The average molecular weight is 248 g/mol. The predicted molar refractivity (Wildman–Crippen MR) is 58.5 cm³/mol. The van der Waals surface area contributed by atoms with Crippen LogP contribution in [0.1, 0.15) is 19.5 Å². The van der Waals surface area contributed by atoms with Crippen molar-refractivity contribution in [3.8, 4) is 0 Å². The molecule has 2 N–H and O–H groups in total. The maximum Gasteiger partial charge on any atom is 0.405 e. The first-order chi connectivity index (χ1) is 7.83. The number of aromatic nitrogens is 2. The van der Waals surface area contributed by atoms with E-state index in [0.717, 1.165) is 4.90 Å². The minimum Gasteiger partial charge on any atom is -0.344 e. The number of anilines is 1. The summed E-state index contributed by atoms with van der Waals surface area (Å²) in [5, 5.41) is 0. The van der Waals surface area contributed by atoms with Crippen LogP contribution in [0.4, 0.5) is 19.0 Å². The van der Waals surface area contributed by atoms with Crippen LogP contribution < -0.4 is 10.6 Å². The molecular formula is C10H15F3N4. The zero-order valence-corrected chi connectivity index (χ0v) is 9.70. The van der Waals surface area contributed by atoms with Crippen molar-refractivity contribution in [2.45, 2.75) is 32.6 Å². The van der Waals surface area contributed by atoms with Gasteiger partial charge in [0, 0.05) is 18.8 Å². The Hall–Kier alpha value is -1.37. The lowest BCUT2D eigenvalue weighted by Gasteiger charge is -2.28. The maximum absolute atomic E-state index is 12.4. The molecule has 0 aliphatic carbocycles. The largest absolute Gasteiger partial charge is 0.405 e. The van der Waals surface area contributed by atoms with E-state index >= 15 is 0 Å². The summed E-state index contributed by atoms with van der Waals surface area (Å²) in [4.78, 5) is 9.02. The molecular weight excluding hydrogens is 233 g/mol. The Balaban J connectivity index is 2.97. The third-order valence-corrected chi connectivity index (χ3v) is 2.15. The van der Waals surface area contributed by atoms with Crippen molar-refractivity contribution < 1.29 is 13.2 Å². The molecule has 0 bridgehead atoms. The van der Waals surface area contributed by atoms with Gasteiger partial charge < -0.3 is 10.6 Å². The summed E-state index contributed by atoms with van der Waals surface area (Å²) in [6, 6.07) is -0.320. The summed E-state index contributed by atoms with van der Waals surface area (Å²) in [6.07, 6.45) is -1.52. The van der Waals surface area contributed by atoms with Gasteiger partial charge in [0.15, 0.2) is 0 Å². The van der Waals surface area contributed by atoms with Crippen LogP contribution in [0.3, 0.4) is 0 Å². The molecule has 17 heavy (non-hydrogen) atoms. The topological polar surface area (TPSA) is 55.0 Å². The van der Waals surface area contributed by atoms with E-state index in [1.54, 1.807) is 13.8 Å². The third kappa shape index (κ3) is 4.18. The Morgan fingerprint density at radius 1 is 1.35 bits per heavy atom. The van der Waals surface area contributed by atoms with E-state index in [9.17, 15) is 13.2 Å². The molecule has 0 fully saturated rings. The first-order valence-electron chi connectivity index (χ1n) is 5.18. The molecule has 1 heterocycles. The molecule has 0 amide bonds. The van der Waals surface area contributed by atoms with Crippen LogP contribution >= 0.6 is 0 Å². The monoisotopic (exact) mass is 248 g/mol. The van der Waals surface area contributed by atoms with Crippen LogP contribution in [0.25, 0.3) is 0 Å². The minimum atomic E-state index is -4.27. The smallest absolute Gasteiger partial charge is 0.344 e. The minimum absolute atomic E-state index is 0.152. The van der Waals surface area contributed by atoms with E-state index in [1.807, 2.05) is 0 Å². The second-order valence-corrected chi connectivity index (χ2v) is 3.91. The molecule has 0 radical (unpaired) electrons. The Morgan fingerprint density at radius 2 is 2.00 bits per heavy atom. The highest BCUT2D eigenvalue weighted by molar-refractivity contribution is 5.37. The number of halogens is 3. The van der Waals surface area contributed by atoms with E-state index in [-0.39, 0.29) is 18.4 Å². The van der Waals surface area contributed by atoms with E-state index < -0.39 is 12.7 Å². The summed E-state index contributed by atoms with van der Waals surface area (Å²) < 4.78 is 37.3. The third-order valence-electron chi connectivity index (χ3n) is 2.15. The molecule has 0 unspecified atom stereocenters. The Morgan fingerprint density at radius 3 is 2.47 bits per heavy atom. The van der Waals surface area contributed by atoms with Gasteiger partial charge in [-0.05, 0) is 13.8 Å². The fourth-order valence-corrected chi connectivity index (χ4v) is 1.35. The Labute approximate surface area is 97.7 Å². The van der Waals surface area contributed by atoms with E-state index in [2.05, 4.69) is 9.97 Å². The lowest BCUT2D eigenvalue weighted by Crippen LogP contribution is -2.39. The summed E-state index contributed by atoms with van der Waals surface area (Å²) in [6.45, 7) is 2.44. The summed E-state index contributed by atoms with van der Waals surface area (Å²) >= 11 is 0. The molecule has 0 saturated carbocycles. The van der Waals surface area contributed by atoms with Gasteiger partial charge in [0.1, 0.15) is 12.4 Å². The van der Waals surface area contributed by atoms with Gasteiger partial charge >= 0.3 is 6.18 Å². The van der Waals surface area contributed by atoms with Crippen LogP contribution in [-0.4, -0.2) is 28.7 Å². The molecule has 1 rings (SSSR count). The van der Waals surface area contributed by atoms with E-state index in [4.69, 9.17) is 5.73 Å². The van der Waals surface area contributed by atoms with Crippen LogP contribution in [-0.2, 0) is 6.54 Å². The molecule has 1 aromatic rings. The molecule has 0 aliphatic rings. The van der Waals surface area contributed by atoms with Crippen molar-refractivity contribution in [1.29, 1.82) is 0 Å². The summed E-state index contributed by atoms with van der Waals surface area (Å²) in [5.41, 5.74) is 5.85. The van der Waals surface area contributed by atoms with E-state index in [0.29, 0.717) is 5.69 Å². The van der Waals surface area contributed by atoms with Gasteiger partial charge in [-0.1, -0.05) is 0 Å². The maximum atomic E-state index is 12.4. The predicted octanol–water partition coefficient (Wildman–Crippen LogP) is 1.71. The lowest BCUT2D eigenvalue weighted by atomic mass is 10.3. The van der Waals surface area contributed by atoms with Gasteiger partial charge in [-0.3, -0.25) is 4.98 Å². The van der Waals surface area contributed by atoms with Gasteiger partial charge in [0.2, 0.25) is 0 Å². The number of alkyl halides is 3. The van der Waals surface area contributed by atoms with Gasteiger partial charge in [-0.25, -0.2) is 4.98 Å². The van der Waals surface area contributed by atoms with Crippen molar-refractivity contribution in [2.24, 2.45) is 5.73 Å². The molecule has 4 nitrogen and oxygen atoms in total. The van der Waals surface area contributed by atoms with Crippen LogP contribution in [0.2, 0.25) is 0 Å². The normalized spacial score (nSPS) is 11.9. The molecule has 0 spiro atoms. The zero-order valence-electron chi connectivity index (χ0n) is 9.70. The van der Waals surface area contributed by atoms with Gasteiger partial charge in [-0.2, -0.15) is 13.2 Å². The van der Waals surface area contributed by atoms with Crippen LogP contribution in [0.5, 0.6) is 0 Å². The van der Waals surface area contributed by atoms with Crippen molar-refractivity contribution in [2.75, 3.05) is 11.4 Å². The number of hydrogen-bond donors (Lipinski definition) is 1. The first kappa shape index (κ1) is 13.7. The van der Waals surface area contributed by atoms with Gasteiger partial charge in [0.05, 0.1) is 11.9 Å². The Bertz CT molecular complexity index is 365. The lowest BCUT2D eigenvalue weighted by molar-refractivity contribution is -0.120. The first-order valence-corrected chi connectivity index (χ1v) is 5.18. The molecule has 0 aliphatic heterocycles.